The Morgan fingerprint density at radius 1 is 1.33 bits per heavy atom. The van der Waals surface area contributed by atoms with E-state index in [2.05, 4.69) is 31.2 Å². The van der Waals surface area contributed by atoms with E-state index < -0.39 is 0 Å². The van der Waals surface area contributed by atoms with Gasteiger partial charge in [-0.25, -0.2) is 4.98 Å². The molecule has 1 aromatic heterocycles. The SMILES string of the molecule is CCNCc1cc(=O)[nH]c(-c2ccc(Br)cc2)n1. The summed E-state index contributed by atoms with van der Waals surface area (Å²) < 4.78 is 0.998. The summed E-state index contributed by atoms with van der Waals surface area (Å²) in [6.07, 6.45) is 0. The normalized spacial score (nSPS) is 10.6. The zero-order valence-corrected chi connectivity index (χ0v) is 11.6. The van der Waals surface area contributed by atoms with Crippen LogP contribution in [0.2, 0.25) is 0 Å². The van der Waals surface area contributed by atoms with Crippen LogP contribution in [0.1, 0.15) is 12.6 Å². The van der Waals surface area contributed by atoms with Gasteiger partial charge in [0.15, 0.2) is 0 Å². The first-order chi connectivity index (χ1) is 8.69. The standard InChI is InChI=1S/C13H14BrN3O/c1-2-15-8-11-7-12(18)17-13(16-11)9-3-5-10(14)6-4-9/h3-7,15H,2,8H2,1H3,(H,16,17,18). The summed E-state index contributed by atoms with van der Waals surface area (Å²) >= 11 is 3.38. The Kier molecular flexibility index (Phi) is 4.28. The number of hydrogen-bond acceptors (Lipinski definition) is 3. The molecule has 0 radical (unpaired) electrons. The summed E-state index contributed by atoms with van der Waals surface area (Å²) in [6, 6.07) is 9.20. The Morgan fingerprint density at radius 3 is 2.72 bits per heavy atom. The number of rotatable bonds is 4. The van der Waals surface area contributed by atoms with Crippen molar-refractivity contribution in [1.29, 1.82) is 0 Å². The van der Waals surface area contributed by atoms with Gasteiger partial charge in [0.05, 0.1) is 5.69 Å². The van der Waals surface area contributed by atoms with Gasteiger partial charge in [-0.1, -0.05) is 35.0 Å². The van der Waals surface area contributed by atoms with Crippen LogP contribution in [0.5, 0.6) is 0 Å². The Labute approximate surface area is 114 Å². The van der Waals surface area contributed by atoms with Gasteiger partial charge in [-0.2, -0.15) is 0 Å². The largest absolute Gasteiger partial charge is 0.311 e. The van der Waals surface area contributed by atoms with Gasteiger partial charge in [0, 0.05) is 22.6 Å². The van der Waals surface area contributed by atoms with Crippen LogP contribution in [0.15, 0.2) is 39.6 Å². The van der Waals surface area contributed by atoms with Crippen LogP contribution in [0.3, 0.4) is 0 Å². The fourth-order valence-corrected chi connectivity index (χ4v) is 1.86. The van der Waals surface area contributed by atoms with E-state index in [-0.39, 0.29) is 5.56 Å². The highest BCUT2D eigenvalue weighted by molar-refractivity contribution is 9.10. The Hall–Kier alpha value is -1.46. The molecule has 18 heavy (non-hydrogen) atoms. The van der Waals surface area contributed by atoms with E-state index in [1.807, 2.05) is 31.2 Å². The molecule has 1 heterocycles. The van der Waals surface area contributed by atoms with Gasteiger partial charge < -0.3 is 10.3 Å². The number of hydrogen-bond donors (Lipinski definition) is 2. The third kappa shape index (κ3) is 3.27. The van der Waals surface area contributed by atoms with Crippen molar-refractivity contribution < 1.29 is 0 Å². The molecule has 2 rings (SSSR count). The Balaban J connectivity index is 2.35. The third-order valence-electron chi connectivity index (χ3n) is 2.47. The molecule has 1 aromatic carbocycles. The number of aromatic amines is 1. The summed E-state index contributed by atoms with van der Waals surface area (Å²) in [7, 11) is 0. The van der Waals surface area contributed by atoms with Crippen LogP contribution in [0, 0.1) is 0 Å². The minimum absolute atomic E-state index is 0.129. The maximum atomic E-state index is 11.6. The zero-order chi connectivity index (χ0) is 13.0. The summed E-state index contributed by atoms with van der Waals surface area (Å²) in [5.74, 6) is 0.600. The first-order valence-electron chi connectivity index (χ1n) is 5.76. The molecule has 0 aliphatic rings. The molecule has 0 aliphatic heterocycles. The first kappa shape index (κ1) is 13.0. The quantitative estimate of drug-likeness (QED) is 0.911. The predicted molar refractivity (Wildman–Crippen MR) is 75.4 cm³/mol. The molecule has 0 bridgehead atoms. The number of nitrogens with one attached hydrogen (secondary N) is 2. The molecular formula is C13H14BrN3O. The summed E-state index contributed by atoms with van der Waals surface area (Å²) in [5.41, 5.74) is 1.52. The molecule has 0 saturated carbocycles. The second kappa shape index (κ2) is 5.93. The molecule has 2 aromatic rings. The molecule has 0 fully saturated rings. The average molecular weight is 308 g/mol. The lowest BCUT2D eigenvalue weighted by Crippen LogP contribution is -2.17. The lowest BCUT2D eigenvalue weighted by atomic mass is 10.2. The molecule has 0 spiro atoms. The van der Waals surface area contributed by atoms with Crippen LogP contribution in [0.25, 0.3) is 11.4 Å². The maximum absolute atomic E-state index is 11.6. The molecule has 0 unspecified atom stereocenters. The smallest absolute Gasteiger partial charge is 0.251 e. The minimum Gasteiger partial charge on any atom is -0.311 e. The highest BCUT2D eigenvalue weighted by Gasteiger charge is 2.03. The molecule has 0 atom stereocenters. The van der Waals surface area contributed by atoms with E-state index in [4.69, 9.17) is 0 Å². The minimum atomic E-state index is -0.129. The molecule has 0 amide bonds. The van der Waals surface area contributed by atoms with Crippen molar-refractivity contribution in [2.45, 2.75) is 13.5 Å². The third-order valence-corrected chi connectivity index (χ3v) is 3.00. The van der Waals surface area contributed by atoms with Crippen molar-refractivity contribution in [2.24, 2.45) is 0 Å². The van der Waals surface area contributed by atoms with E-state index in [0.29, 0.717) is 12.4 Å². The van der Waals surface area contributed by atoms with Crippen LogP contribution in [-0.4, -0.2) is 16.5 Å². The zero-order valence-electron chi connectivity index (χ0n) is 10.0. The second-order valence-electron chi connectivity index (χ2n) is 3.87. The van der Waals surface area contributed by atoms with Crippen molar-refractivity contribution >= 4 is 15.9 Å². The summed E-state index contributed by atoms with van der Waals surface area (Å²) in [6.45, 7) is 3.47. The average Bonchev–Trinajstić information content (AvgIpc) is 2.36. The van der Waals surface area contributed by atoms with Crippen LogP contribution in [-0.2, 0) is 6.54 Å². The van der Waals surface area contributed by atoms with Crippen LogP contribution >= 0.6 is 15.9 Å². The molecule has 0 aliphatic carbocycles. The summed E-state index contributed by atoms with van der Waals surface area (Å²) in [5, 5.41) is 3.16. The topological polar surface area (TPSA) is 57.8 Å². The van der Waals surface area contributed by atoms with Gasteiger partial charge >= 0.3 is 0 Å². The van der Waals surface area contributed by atoms with Crippen molar-refractivity contribution in [1.82, 2.24) is 15.3 Å². The van der Waals surface area contributed by atoms with Crippen molar-refractivity contribution in [2.75, 3.05) is 6.54 Å². The Morgan fingerprint density at radius 2 is 2.06 bits per heavy atom. The predicted octanol–water partition coefficient (Wildman–Crippen LogP) is 2.31. The van der Waals surface area contributed by atoms with Gasteiger partial charge in [-0.15, -0.1) is 0 Å². The van der Waals surface area contributed by atoms with E-state index >= 15 is 0 Å². The number of halogens is 1. The van der Waals surface area contributed by atoms with Gasteiger partial charge in [-0.05, 0) is 18.7 Å². The summed E-state index contributed by atoms with van der Waals surface area (Å²) in [4.78, 5) is 18.8. The van der Waals surface area contributed by atoms with Crippen LogP contribution < -0.4 is 10.9 Å². The molecule has 94 valence electrons. The second-order valence-corrected chi connectivity index (χ2v) is 4.79. The van der Waals surface area contributed by atoms with Crippen molar-refractivity contribution in [3.05, 3.63) is 50.9 Å². The highest BCUT2D eigenvalue weighted by Crippen LogP contribution is 2.17. The van der Waals surface area contributed by atoms with E-state index in [1.165, 1.54) is 6.07 Å². The molecular weight excluding hydrogens is 294 g/mol. The lowest BCUT2D eigenvalue weighted by Gasteiger charge is -2.05. The molecule has 4 nitrogen and oxygen atoms in total. The van der Waals surface area contributed by atoms with Gasteiger partial charge in [0.1, 0.15) is 5.82 Å². The molecule has 2 N–H and O–H groups in total. The van der Waals surface area contributed by atoms with Gasteiger partial charge in [0.25, 0.3) is 5.56 Å². The molecule has 5 heteroatoms. The number of aromatic nitrogens is 2. The van der Waals surface area contributed by atoms with Gasteiger partial charge in [0.2, 0.25) is 0 Å². The van der Waals surface area contributed by atoms with E-state index in [9.17, 15) is 4.79 Å². The van der Waals surface area contributed by atoms with Crippen molar-refractivity contribution in [3.8, 4) is 11.4 Å². The Bertz CT molecular complexity index is 578. The van der Waals surface area contributed by atoms with E-state index in [1.54, 1.807) is 0 Å². The van der Waals surface area contributed by atoms with Crippen molar-refractivity contribution in [3.63, 3.8) is 0 Å². The lowest BCUT2D eigenvalue weighted by molar-refractivity contribution is 0.708. The monoisotopic (exact) mass is 307 g/mol. The number of benzene rings is 1. The highest BCUT2D eigenvalue weighted by atomic mass is 79.9. The first-order valence-corrected chi connectivity index (χ1v) is 6.55. The van der Waals surface area contributed by atoms with E-state index in [0.717, 1.165) is 22.3 Å². The molecule has 0 saturated heterocycles. The maximum Gasteiger partial charge on any atom is 0.251 e. The fourth-order valence-electron chi connectivity index (χ4n) is 1.60. The fraction of sp³-hybridized carbons (Fsp3) is 0.231. The van der Waals surface area contributed by atoms with Crippen LogP contribution in [0.4, 0.5) is 0 Å². The number of nitrogens with zero attached hydrogens (tertiary/aromatic N) is 1. The number of H-pyrrole nitrogens is 1. The van der Waals surface area contributed by atoms with Gasteiger partial charge in [-0.3, -0.25) is 4.79 Å².